The Morgan fingerprint density at radius 3 is 2.74 bits per heavy atom. The molecule has 1 heterocycles. The van der Waals surface area contributed by atoms with Crippen LogP contribution in [-0.2, 0) is 6.42 Å². The van der Waals surface area contributed by atoms with Crippen LogP contribution in [0.25, 0.3) is 0 Å². The molecule has 1 saturated heterocycles. The average molecular weight is 266 g/mol. The van der Waals surface area contributed by atoms with Crippen LogP contribution in [0.3, 0.4) is 0 Å². The summed E-state index contributed by atoms with van der Waals surface area (Å²) in [5.74, 6) is -1.86. The van der Waals surface area contributed by atoms with E-state index in [1.807, 2.05) is 6.92 Å². The molecule has 0 saturated carbocycles. The highest BCUT2D eigenvalue weighted by atomic mass is 19.1. The Labute approximate surface area is 112 Å². The van der Waals surface area contributed by atoms with Crippen LogP contribution >= 0.6 is 0 Å². The predicted molar refractivity (Wildman–Crippen MR) is 71.1 cm³/mol. The van der Waals surface area contributed by atoms with Gasteiger partial charge in [0.2, 0.25) is 0 Å². The number of aryl methyl sites for hydroxylation is 1. The van der Waals surface area contributed by atoms with E-state index < -0.39 is 11.8 Å². The van der Waals surface area contributed by atoms with Gasteiger partial charge in [0.1, 0.15) is 5.82 Å². The first-order valence-electron chi connectivity index (χ1n) is 6.53. The van der Waals surface area contributed by atoms with E-state index >= 15 is 0 Å². The lowest BCUT2D eigenvalue weighted by atomic mass is 10.0. The van der Waals surface area contributed by atoms with Crippen LogP contribution in [0.2, 0.25) is 0 Å². The summed E-state index contributed by atoms with van der Waals surface area (Å²) in [7, 11) is 0. The summed E-state index contributed by atoms with van der Waals surface area (Å²) >= 11 is 0. The van der Waals surface area contributed by atoms with Gasteiger partial charge in [-0.15, -0.1) is 0 Å². The Morgan fingerprint density at radius 2 is 2.11 bits per heavy atom. The number of nitrogens with one attached hydrogen (secondary N) is 1. The summed E-state index contributed by atoms with van der Waals surface area (Å²) in [6, 6.07) is 2.78. The first-order valence-corrected chi connectivity index (χ1v) is 6.53. The summed E-state index contributed by atoms with van der Waals surface area (Å²) in [5, 5.41) is 12.2. The number of nitrogens with zero attached hydrogens (tertiary/aromatic N) is 1. The molecule has 2 rings (SSSR count). The lowest BCUT2D eigenvalue weighted by Gasteiger charge is -2.27. The van der Waals surface area contributed by atoms with Crippen molar-refractivity contribution < 1.29 is 14.3 Å². The van der Waals surface area contributed by atoms with E-state index in [2.05, 4.69) is 10.2 Å². The van der Waals surface area contributed by atoms with Gasteiger partial charge in [-0.3, -0.25) is 0 Å². The van der Waals surface area contributed by atoms with Crippen LogP contribution in [0, 0.1) is 12.7 Å². The van der Waals surface area contributed by atoms with E-state index in [0.717, 1.165) is 50.3 Å². The second-order valence-corrected chi connectivity index (χ2v) is 4.91. The van der Waals surface area contributed by atoms with Crippen molar-refractivity contribution in [3.63, 3.8) is 0 Å². The number of aromatic carboxylic acids is 1. The topological polar surface area (TPSA) is 52.6 Å². The lowest BCUT2D eigenvalue weighted by Crippen LogP contribution is -2.44. The fourth-order valence-electron chi connectivity index (χ4n) is 2.36. The monoisotopic (exact) mass is 266 g/mol. The maximum atomic E-state index is 13.5. The smallest absolute Gasteiger partial charge is 0.338 e. The van der Waals surface area contributed by atoms with Crippen molar-refractivity contribution >= 4 is 5.97 Å². The third-order valence-electron chi connectivity index (χ3n) is 3.56. The molecule has 0 aliphatic carbocycles. The normalized spacial score (nSPS) is 16.5. The number of halogens is 1. The minimum atomic E-state index is -1.21. The van der Waals surface area contributed by atoms with E-state index in [4.69, 9.17) is 5.11 Å². The fraction of sp³-hybridized carbons (Fsp3) is 0.500. The van der Waals surface area contributed by atoms with Crippen molar-refractivity contribution in [2.45, 2.75) is 13.3 Å². The van der Waals surface area contributed by atoms with Gasteiger partial charge in [-0.1, -0.05) is 0 Å². The quantitative estimate of drug-likeness (QED) is 0.862. The Balaban J connectivity index is 2.06. The third kappa shape index (κ3) is 3.52. The minimum absolute atomic E-state index is 0.235. The summed E-state index contributed by atoms with van der Waals surface area (Å²) in [5.41, 5.74) is 1.50. The molecule has 0 aromatic heterocycles. The van der Waals surface area contributed by atoms with Crippen LogP contribution in [0.5, 0.6) is 0 Å². The molecule has 1 aromatic rings. The highest BCUT2D eigenvalue weighted by Crippen LogP contribution is 2.16. The highest BCUT2D eigenvalue weighted by molar-refractivity contribution is 5.88. The molecule has 0 unspecified atom stereocenters. The molecule has 2 N–H and O–H groups in total. The van der Waals surface area contributed by atoms with Gasteiger partial charge < -0.3 is 15.3 Å². The van der Waals surface area contributed by atoms with E-state index in [0.29, 0.717) is 0 Å². The first-order chi connectivity index (χ1) is 9.08. The number of hydrogen-bond acceptors (Lipinski definition) is 3. The van der Waals surface area contributed by atoms with Crippen LogP contribution in [0.15, 0.2) is 12.1 Å². The SMILES string of the molecule is Cc1cc(F)c(C(=O)O)cc1CCN1CCNCC1. The number of rotatable bonds is 4. The van der Waals surface area contributed by atoms with Gasteiger partial charge in [-0.05, 0) is 36.6 Å². The summed E-state index contributed by atoms with van der Waals surface area (Å²) in [4.78, 5) is 13.3. The number of hydrogen-bond donors (Lipinski definition) is 2. The zero-order valence-corrected chi connectivity index (χ0v) is 11.1. The van der Waals surface area contributed by atoms with Crippen LogP contribution in [0.4, 0.5) is 4.39 Å². The van der Waals surface area contributed by atoms with Gasteiger partial charge >= 0.3 is 5.97 Å². The van der Waals surface area contributed by atoms with Crippen molar-refractivity contribution in [1.82, 2.24) is 10.2 Å². The first kappa shape index (κ1) is 14.0. The number of piperazine rings is 1. The van der Waals surface area contributed by atoms with Crippen LogP contribution < -0.4 is 5.32 Å². The Kier molecular flexibility index (Phi) is 4.50. The summed E-state index contributed by atoms with van der Waals surface area (Å²) < 4.78 is 13.5. The molecule has 104 valence electrons. The molecular weight excluding hydrogens is 247 g/mol. The highest BCUT2D eigenvalue weighted by Gasteiger charge is 2.15. The van der Waals surface area contributed by atoms with Crippen molar-refractivity contribution in [1.29, 1.82) is 0 Å². The van der Waals surface area contributed by atoms with Gasteiger partial charge in [0, 0.05) is 32.7 Å². The Bertz CT molecular complexity index is 471. The van der Waals surface area contributed by atoms with E-state index in [1.54, 1.807) is 0 Å². The summed E-state index contributed by atoms with van der Waals surface area (Å²) in [6.45, 7) is 6.69. The van der Waals surface area contributed by atoms with Gasteiger partial charge in [-0.2, -0.15) is 0 Å². The zero-order valence-electron chi connectivity index (χ0n) is 11.1. The number of carboxylic acid groups (broad SMARTS) is 1. The lowest BCUT2D eigenvalue weighted by molar-refractivity contribution is 0.0691. The molecule has 1 fully saturated rings. The van der Waals surface area contributed by atoms with Gasteiger partial charge in [0.15, 0.2) is 0 Å². The van der Waals surface area contributed by atoms with Crippen molar-refractivity contribution in [3.05, 3.63) is 34.6 Å². The van der Waals surface area contributed by atoms with Crippen LogP contribution in [0.1, 0.15) is 21.5 Å². The second-order valence-electron chi connectivity index (χ2n) is 4.91. The molecule has 0 amide bonds. The standard InChI is InChI=1S/C14H19FN2O2/c1-10-8-13(15)12(14(18)19)9-11(10)2-5-17-6-3-16-4-7-17/h8-9,16H,2-7H2,1H3,(H,18,19). The fourth-order valence-corrected chi connectivity index (χ4v) is 2.36. The molecule has 0 atom stereocenters. The largest absolute Gasteiger partial charge is 0.478 e. The zero-order chi connectivity index (χ0) is 13.8. The van der Waals surface area contributed by atoms with E-state index in [-0.39, 0.29) is 5.56 Å². The molecular formula is C14H19FN2O2. The molecule has 0 spiro atoms. The Morgan fingerprint density at radius 1 is 1.42 bits per heavy atom. The van der Waals surface area contributed by atoms with Gasteiger partial charge in [-0.25, -0.2) is 9.18 Å². The third-order valence-corrected chi connectivity index (χ3v) is 3.56. The minimum Gasteiger partial charge on any atom is -0.478 e. The maximum Gasteiger partial charge on any atom is 0.338 e. The van der Waals surface area contributed by atoms with Crippen molar-refractivity contribution in [3.8, 4) is 0 Å². The average Bonchev–Trinajstić information content (AvgIpc) is 2.38. The van der Waals surface area contributed by atoms with Crippen molar-refractivity contribution in [2.24, 2.45) is 0 Å². The molecule has 0 bridgehead atoms. The van der Waals surface area contributed by atoms with Gasteiger partial charge in [0.25, 0.3) is 0 Å². The van der Waals surface area contributed by atoms with Crippen molar-refractivity contribution in [2.75, 3.05) is 32.7 Å². The Hall–Kier alpha value is -1.46. The van der Waals surface area contributed by atoms with E-state index in [1.165, 1.54) is 12.1 Å². The molecule has 1 aromatic carbocycles. The van der Waals surface area contributed by atoms with Crippen LogP contribution in [-0.4, -0.2) is 48.7 Å². The van der Waals surface area contributed by atoms with Gasteiger partial charge in [0.05, 0.1) is 5.56 Å². The number of benzene rings is 1. The molecule has 1 aliphatic heterocycles. The molecule has 4 nitrogen and oxygen atoms in total. The predicted octanol–water partition coefficient (Wildman–Crippen LogP) is 1.28. The maximum absolute atomic E-state index is 13.5. The van der Waals surface area contributed by atoms with E-state index in [9.17, 15) is 9.18 Å². The molecule has 1 aliphatic rings. The summed E-state index contributed by atoms with van der Waals surface area (Å²) in [6.07, 6.45) is 0.756. The molecule has 0 radical (unpaired) electrons. The molecule has 5 heteroatoms. The number of carboxylic acids is 1. The number of carbonyl (C=O) groups is 1. The molecule has 19 heavy (non-hydrogen) atoms. The second kappa shape index (κ2) is 6.12.